The molecule has 2 amide bonds. The van der Waals surface area contributed by atoms with E-state index in [1.165, 1.54) is 16.8 Å². The molecule has 1 N–H and O–H groups in total. The van der Waals surface area contributed by atoms with Gasteiger partial charge in [-0.3, -0.25) is 24.0 Å². The van der Waals surface area contributed by atoms with Gasteiger partial charge in [-0.1, -0.05) is 30.3 Å². The van der Waals surface area contributed by atoms with E-state index in [1.54, 1.807) is 42.6 Å². The molecule has 8 nitrogen and oxygen atoms in total. The minimum absolute atomic E-state index is 0.0518. The summed E-state index contributed by atoms with van der Waals surface area (Å²) in [5.41, 5.74) is 1.36. The molecule has 0 radical (unpaired) electrons. The molecule has 178 valence electrons. The second-order valence-electron chi connectivity index (χ2n) is 8.41. The Morgan fingerprint density at radius 1 is 0.971 bits per heavy atom. The van der Waals surface area contributed by atoms with Crippen LogP contribution in [-0.2, 0) is 11.8 Å². The number of carbonyl (C=O) groups excluding carboxylic acids is 2. The molecule has 34 heavy (non-hydrogen) atoms. The first-order valence-electron chi connectivity index (χ1n) is 11.2. The van der Waals surface area contributed by atoms with Gasteiger partial charge in [-0.25, -0.2) is 9.07 Å². The number of nitrogens with zero attached hydrogens (tertiary/aromatic N) is 4. The van der Waals surface area contributed by atoms with E-state index in [1.807, 2.05) is 35.2 Å². The molecule has 0 spiro atoms. The molecular formula is C25H28FN5O3. The number of para-hydroxylation sites is 1. The first kappa shape index (κ1) is 23.4. The number of rotatable bonds is 5. The molecule has 0 saturated carbocycles. The van der Waals surface area contributed by atoms with Crippen LogP contribution < -0.4 is 10.9 Å². The van der Waals surface area contributed by atoms with Crippen molar-refractivity contribution in [2.45, 2.75) is 19.9 Å². The zero-order valence-electron chi connectivity index (χ0n) is 19.5. The lowest BCUT2D eigenvalue weighted by molar-refractivity contribution is -0.121. The summed E-state index contributed by atoms with van der Waals surface area (Å²) in [6, 6.07) is 14.7. The molecule has 2 heterocycles. The molecule has 3 aromatic rings. The zero-order valence-corrected chi connectivity index (χ0v) is 19.5. The Labute approximate surface area is 197 Å². The van der Waals surface area contributed by atoms with Crippen molar-refractivity contribution in [1.82, 2.24) is 19.2 Å². The van der Waals surface area contributed by atoms with Gasteiger partial charge in [-0.15, -0.1) is 0 Å². The van der Waals surface area contributed by atoms with Crippen molar-refractivity contribution in [3.8, 4) is 5.69 Å². The van der Waals surface area contributed by atoms with Gasteiger partial charge < -0.3 is 10.2 Å². The first-order chi connectivity index (χ1) is 16.3. The Kier molecular flexibility index (Phi) is 6.65. The van der Waals surface area contributed by atoms with Crippen molar-refractivity contribution in [1.29, 1.82) is 0 Å². The summed E-state index contributed by atoms with van der Waals surface area (Å²) in [7, 11) is 1.77. The van der Waals surface area contributed by atoms with Gasteiger partial charge in [0, 0.05) is 33.2 Å². The van der Waals surface area contributed by atoms with Gasteiger partial charge in [-0.05, 0) is 38.1 Å². The number of halogens is 1. The lowest BCUT2D eigenvalue weighted by atomic mass is 10.1. The van der Waals surface area contributed by atoms with Crippen molar-refractivity contribution < 1.29 is 14.0 Å². The summed E-state index contributed by atoms with van der Waals surface area (Å²) in [4.78, 5) is 42.3. The van der Waals surface area contributed by atoms with Gasteiger partial charge >= 0.3 is 0 Å². The maximum atomic E-state index is 14.0. The Morgan fingerprint density at radius 2 is 1.59 bits per heavy atom. The van der Waals surface area contributed by atoms with Crippen LogP contribution in [0, 0.1) is 12.7 Å². The quantitative estimate of drug-likeness (QED) is 0.628. The highest BCUT2D eigenvalue weighted by Crippen LogP contribution is 2.17. The average molecular weight is 466 g/mol. The van der Waals surface area contributed by atoms with E-state index in [0.717, 1.165) is 0 Å². The van der Waals surface area contributed by atoms with Crippen LogP contribution in [0.5, 0.6) is 0 Å². The topological polar surface area (TPSA) is 79.6 Å². The predicted octanol–water partition coefficient (Wildman–Crippen LogP) is 2.41. The molecule has 0 bridgehead atoms. The van der Waals surface area contributed by atoms with Crippen LogP contribution in [0.15, 0.2) is 59.4 Å². The predicted molar refractivity (Wildman–Crippen MR) is 128 cm³/mol. The summed E-state index contributed by atoms with van der Waals surface area (Å²) >= 11 is 0. The maximum absolute atomic E-state index is 14.0. The Morgan fingerprint density at radius 3 is 2.24 bits per heavy atom. The highest BCUT2D eigenvalue weighted by molar-refractivity contribution is 5.95. The first-order valence-corrected chi connectivity index (χ1v) is 11.2. The lowest BCUT2D eigenvalue weighted by Gasteiger charge is -2.37. The highest BCUT2D eigenvalue weighted by atomic mass is 19.1. The van der Waals surface area contributed by atoms with Crippen molar-refractivity contribution in [2.75, 3.05) is 31.5 Å². The molecule has 1 aliphatic heterocycles. The van der Waals surface area contributed by atoms with Gasteiger partial charge in [0.1, 0.15) is 11.5 Å². The third kappa shape index (κ3) is 4.38. The van der Waals surface area contributed by atoms with Crippen LogP contribution in [0.2, 0.25) is 0 Å². The standard InChI is InChI=1S/C25H28FN5O3/c1-17-22(25(34)31(28(17)3)19-9-5-4-6-10-19)27-23(32)18(2)29-13-15-30(16-14-29)24(33)20-11-7-8-12-21(20)26/h4-12,18H,13-16H2,1-3H3,(H,27,32). The Bertz CT molecular complexity index is 1260. The number of hydrogen-bond donors (Lipinski definition) is 1. The number of aromatic nitrogens is 2. The Hall–Kier alpha value is -3.72. The second-order valence-corrected chi connectivity index (χ2v) is 8.41. The third-order valence-corrected chi connectivity index (χ3v) is 6.44. The smallest absolute Gasteiger partial charge is 0.295 e. The number of piperazine rings is 1. The summed E-state index contributed by atoms with van der Waals surface area (Å²) in [5, 5.41) is 2.81. The molecule has 1 unspecified atom stereocenters. The largest absolute Gasteiger partial charge is 0.336 e. The molecule has 1 aliphatic rings. The zero-order chi connectivity index (χ0) is 24.4. The van der Waals surface area contributed by atoms with E-state index in [4.69, 9.17) is 0 Å². The summed E-state index contributed by atoms with van der Waals surface area (Å²) < 4.78 is 17.2. The van der Waals surface area contributed by atoms with Crippen LogP contribution in [0.3, 0.4) is 0 Å². The minimum Gasteiger partial charge on any atom is -0.336 e. The molecule has 1 fully saturated rings. The molecule has 1 aromatic heterocycles. The van der Waals surface area contributed by atoms with Crippen molar-refractivity contribution in [3.63, 3.8) is 0 Å². The van der Waals surface area contributed by atoms with Crippen LogP contribution in [0.25, 0.3) is 5.69 Å². The molecule has 1 atom stereocenters. The number of hydrogen-bond acceptors (Lipinski definition) is 4. The van der Waals surface area contributed by atoms with Crippen LogP contribution >= 0.6 is 0 Å². The van der Waals surface area contributed by atoms with Crippen molar-refractivity contribution in [2.24, 2.45) is 7.05 Å². The fraction of sp³-hybridized carbons (Fsp3) is 0.320. The SMILES string of the molecule is Cc1c(NC(=O)C(C)N2CCN(C(=O)c3ccccc3F)CC2)c(=O)n(-c2ccccc2)n1C. The van der Waals surface area contributed by atoms with Crippen molar-refractivity contribution in [3.05, 3.63) is 82.0 Å². The number of amides is 2. The number of carbonyl (C=O) groups is 2. The van der Waals surface area contributed by atoms with E-state index in [2.05, 4.69) is 5.32 Å². The number of anilines is 1. The fourth-order valence-electron chi connectivity index (χ4n) is 4.22. The van der Waals surface area contributed by atoms with Gasteiger partial charge in [0.25, 0.3) is 11.5 Å². The second kappa shape index (κ2) is 9.64. The average Bonchev–Trinajstić information content (AvgIpc) is 3.07. The van der Waals surface area contributed by atoms with E-state index in [-0.39, 0.29) is 28.6 Å². The minimum atomic E-state index is -0.540. The van der Waals surface area contributed by atoms with E-state index < -0.39 is 11.9 Å². The molecule has 0 aliphatic carbocycles. The molecule has 2 aromatic carbocycles. The monoisotopic (exact) mass is 465 g/mol. The van der Waals surface area contributed by atoms with E-state index in [9.17, 15) is 18.8 Å². The normalized spacial score (nSPS) is 15.2. The third-order valence-electron chi connectivity index (χ3n) is 6.44. The van der Waals surface area contributed by atoms with E-state index >= 15 is 0 Å². The summed E-state index contributed by atoms with van der Waals surface area (Å²) in [6.45, 7) is 5.27. The van der Waals surface area contributed by atoms with Crippen LogP contribution in [0.4, 0.5) is 10.1 Å². The summed E-state index contributed by atoms with van der Waals surface area (Å²) in [6.07, 6.45) is 0. The molecule has 9 heteroatoms. The highest BCUT2D eigenvalue weighted by Gasteiger charge is 2.30. The Balaban J connectivity index is 1.42. The van der Waals surface area contributed by atoms with Crippen molar-refractivity contribution >= 4 is 17.5 Å². The maximum Gasteiger partial charge on any atom is 0.295 e. The molecule has 1 saturated heterocycles. The van der Waals surface area contributed by atoms with Crippen LogP contribution in [0.1, 0.15) is 23.0 Å². The van der Waals surface area contributed by atoms with Gasteiger partial charge in [-0.2, -0.15) is 0 Å². The summed E-state index contributed by atoms with van der Waals surface area (Å²) in [5.74, 6) is -1.18. The van der Waals surface area contributed by atoms with E-state index in [0.29, 0.717) is 37.6 Å². The van der Waals surface area contributed by atoms with Crippen LogP contribution in [-0.4, -0.2) is 63.2 Å². The van der Waals surface area contributed by atoms with Gasteiger partial charge in [0.15, 0.2) is 0 Å². The lowest BCUT2D eigenvalue weighted by Crippen LogP contribution is -2.54. The van der Waals surface area contributed by atoms with Gasteiger partial charge in [0.05, 0.1) is 23.0 Å². The van der Waals surface area contributed by atoms with Gasteiger partial charge in [0.2, 0.25) is 5.91 Å². The number of nitrogens with one attached hydrogen (secondary N) is 1. The molecular weight excluding hydrogens is 437 g/mol. The fourth-order valence-corrected chi connectivity index (χ4v) is 4.22. The number of benzene rings is 2. The molecule has 4 rings (SSSR count).